The molecule has 0 aliphatic carbocycles. The van der Waals surface area contributed by atoms with Crippen LogP contribution in [0.3, 0.4) is 0 Å². The second-order valence-electron chi connectivity index (χ2n) is 6.52. The molecular weight excluding hydrogens is 408 g/mol. The number of thioether (sulfide) groups is 1. The van der Waals surface area contributed by atoms with Crippen LogP contribution in [0.5, 0.6) is 0 Å². The summed E-state index contributed by atoms with van der Waals surface area (Å²) in [6.07, 6.45) is 3.80. The molecule has 30 heavy (non-hydrogen) atoms. The lowest BCUT2D eigenvalue weighted by atomic mass is 10.2. The van der Waals surface area contributed by atoms with Crippen LogP contribution in [0.4, 0.5) is 11.8 Å². The summed E-state index contributed by atoms with van der Waals surface area (Å²) in [6, 6.07) is 1.91. The number of aliphatic hydroxyl groups excluding tert-OH is 2. The van der Waals surface area contributed by atoms with Gasteiger partial charge in [-0.25, -0.2) is 24.9 Å². The number of aromatic amines is 1. The van der Waals surface area contributed by atoms with Crippen molar-refractivity contribution in [3.05, 3.63) is 30.6 Å². The van der Waals surface area contributed by atoms with Crippen molar-refractivity contribution in [1.82, 2.24) is 29.9 Å². The lowest BCUT2D eigenvalue weighted by Crippen LogP contribution is -2.31. The molecule has 11 nitrogen and oxygen atoms in total. The summed E-state index contributed by atoms with van der Waals surface area (Å²) in [4.78, 5) is 22.9. The fraction of sp³-hybridized carbons (Fsp3) is 0.500. The van der Waals surface area contributed by atoms with Crippen molar-refractivity contribution < 1.29 is 14.9 Å². The van der Waals surface area contributed by atoms with Crippen LogP contribution in [0, 0.1) is 0 Å². The maximum absolute atomic E-state index is 9.63. The van der Waals surface area contributed by atoms with Crippen LogP contribution in [0.2, 0.25) is 0 Å². The molecule has 3 atom stereocenters. The van der Waals surface area contributed by atoms with Gasteiger partial charge in [0.05, 0.1) is 19.0 Å². The number of nitrogens with zero attached hydrogens (tertiary/aromatic N) is 5. The predicted octanol–water partition coefficient (Wildman–Crippen LogP) is 0.240. The Morgan fingerprint density at radius 3 is 2.90 bits per heavy atom. The quantitative estimate of drug-likeness (QED) is 0.323. The Kier molecular flexibility index (Phi) is 8.13. The van der Waals surface area contributed by atoms with Gasteiger partial charge in [0.25, 0.3) is 0 Å². The molecule has 162 valence electrons. The van der Waals surface area contributed by atoms with Crippen LogP contribution < -0.4 is 11.1 Å². The van der Waals surface area contributed by atoms with E-state index in [1.54, 1.807) is 18.0 Å². The monoisotopic (exact) mass is 434 g/mol. The number of hydrogen-bond donors (Lipinski definition) is 5. The van der Waals surface area contributed by atoms with Gasteiger partial charge in [-0.1, -0.05) is 6.92 Å². The van der Waals surface area contributed by atoms with Crippen molar-refractivity contribution in [3.8, 4) is 0 Å². The third kappa shape index (κ3) is 5.98. The van der Waals surface area contributed by atoms with Gasteiger partial charge in [-0.15, -0.1) is 0 Å². The minimum atomic E-state index is -0.764. The number of nitrogen functional groups attached to an aromatic ring is 1. The van der Waals surface area contributed by atoms with Gasteiger partial charge in [-0.2, -0.15) is 11.8 Å². The summed E-state index contributed by atoms with van der Waals surface area (Å²) in [6.45, 7) is 3.04. The Labute approximate surface area is 177 Å². The third-order valence-electron chi connectivity index (χ3n) is 4.40. The van der Waals surface area contributed by atoms with E-state index >= 15 is 0 Å². The van der Waals surface area contributed by atoms with E-state index in [4.69, 9.17) is 10.5 Å². The first-order valence-corrected chi connectivity index (χ1v) is 10.7. The largest absolute Gasteiger partial charge is 0.388 e. The smallest absolute Gasteiger partial charge is 0.222 e. The summed E-state index contributed by atoms with van der Waals surface area (Å²) >= 11 is 1.67. The summed E-state index contributed by atoms with van der Waals surface area (Å²) in [5.74, 6) is 2.62. The van der Waals surface area contributed by atoms with Crippen LogP contribution >= 0.6 is 11.8 Å². The van der Waals surface area contributed by atoms with Gasteiger partial charge in [0.1, 0.15) is 24.1 Å². The highest BCUT2D eigenvalue weighted by molar-refractivity contribution is 7.99. The zero-order valence-electron chi connectivity index (χ0n) is 16.6. The van der Waals surface area contributed by atoms with Crippen LogP contribution in [0.1, 0.15) is 12.6 Å². The minimum Gasteiger partial charge on any atom is -0.388 e. The van der Waals surface area contributed by atoms with E-state index in [1.807, 2.05) is 6.07 Å². The molecule has 0 amide bonds. The molecule has 2 unspecified atom stereocenters. The molecule has 1 aliphatic heterocycles. The molecule has 12 heteroatoms. The molecule has 6 N–H and O–H groups in total. The second-order valence-corrected chi connectivity index (χ2v) is 7.67. The van der Waals surface area contributed by atoms with Crippen LogP contribution in [-0.2, 0) is 11.2 Å². The number of imidazole rings is 1. The fourth-order valence-corrected chi connectivity index (χ4v) is 3.65. The van der Waals surface area contributed by atoms with E-state index < -0.39 is 12.2 Å². The van der Waals surface area contributed by atoms with E-state index in [2.05, 4.69) is 42.1 Å². The van der Waals surface area contributed by atoms with Crippen molar-refractivity contribution in [2.45, 2.75) is 31.7 Å². The van der Waals surface area contributed by atoms with Gasteiger partial charge in [0, 0.05) is 29.9 Å². The standard InChI is InChI=1S/C13H21N3O3S.C5H5N5/c1-2-9-3-4-14-13(16-9)15-5-6-20-8-11-12(18)10(17)7-19-11;6-4-3-5(9-1-7-3)10-2-8-4/h3-4,10-12,17-18H,2,5-8H2,1H3,(H,14,15,16);1-2H,(H3,6,7,8,9,10)/t10?,11-,12?;/m0./s1. The SMILES string of the molecule is CCc1ccnc(NCCSC[C@@H]2OCC(O)C2O)n1.Nc1ncnc2nc[nH]c12. The van der Waals surface area contributed by atoms with E-state index in [1.165, 1.54) is 12.7 Å². The molecule has 0 bridgehead atoms. The number of hydrogen-bond acceptors (Lipinski definition) is 11. The molecule has 1 aliphatic rings. The molecule has 4 rings (SSSR count). The highest BCUT2D eigenvalue weighted by Crippen LogP contribution is 2.18. The lowest BCUT2D eigenvalue weighted by Gasteiger charge is -2.14. The zero-order chi connectivity index (χ0) is 21.3. The molecule has 1 fully saturated rings. The number of rotatable bonds is 7. The maximum Gasteiger partial charge on any atom is 0.222 e. The molecule has 4 heterocycles. The summed E-state index contributed by atoms with van der Waals surface area (Å²) < 4.78 is 5.31. The Balaban J connectivity index is 0.000000212. The topological polar surface area (TPSA) is 168 Å². The summed E-state index contributed by atoms with van der Waals surface area (Å²) in [5, 5.41) is 22.2. The first kappa shape index (κ1) is 22.2. The van der Waals surface area contributed by atoms with E-state index in [0.29, 0.717) is 28.7 Å². The average Bonchev–Trinajstić information content (AvgIpc) is 3.37. The van der Waals surface area contributed by atoms with Crippen LogP contribution in [0.25, 0.3) is 11.2 Å². The number of nitrogens with two attached hydrogens (primary N) is 1. The van der Waals surface area contributed by atoms with Gasteiger partial charge in [0.2, 0.25) is 5.95 Å². The molecule has 0 aromatic carbocycles. The van der Waals surface area contributed by atoms with Gasteiger partial charge >= 0.3 is 0 Å². The number of nitrogens with one attached hydrogen (secondary N) is 2. The van der Waals surface area contributed by atoms with Crippen molar-refractivity contribution in [2.75, 3.05) is 35.7 Å². The third-order valence-corrected chi connectivity index (χ3v) is 5.45. The molecule has 3 aromatic rings. The van der Waals surface area contributed by atoms with Gasteiger partial charge < -0.3 is 31.0 Å². The lowest BCUT2D eigenvalue weighted by molar-refractivity contribution is 0.0337. The molecule has 1 saturated heterocycles. The fourth-order valence-electron chi connectivity index (χ4n) is 2.71. The van der Waals surface area contributed by atoms with E-state index in [0.717, 1.165) is 24.4 Å². The molecule has 0 radical (unpaired) electrons. The summed E-state index contributed by atoms with van der Waals surface area (Å²) in [5.41, 5.74) is 7.80. The normalized spacial score (nSPS) is 20.7. The average molecular weight is 435 g/mol. The first-order valence-electron chi connectivity index (χ1n) is 9.59. The minimum absolute atomic E-state index is 0.224. The number of H-pyrrole nitrogens is 1. The van der Waals surface area contributed by atoms with Gasteiger partial charge in [-0.05, 0) is 12.5 Å². The number of aryl methyl sites for hydroxylation is 1. The molecule has 3 aromatic heterocycles. The highest BCUT2D eigenvalue weighted by atomic mass is 32.2. The van der Waals surface area contributed by atoms with Crippen molar-refractivity contribution in [1.29, 1.82) is 0 Å². The Morgan fingerprint density at radius 2 is 2.17 bits per heavy atom. The Morgan fingerprint density at radius 1 is 1.30 bits per heavy atom. The number of fused-ring (bicyclic) bond motifs is 1. The van der Waals surface area contributed by atoms with E-state index in [-0.39, 0.29) is 12.7 Å². The second kappa shape index (κ2) is 11.0. The number of aliphatic hydroxyl groups is 2. The maximum atomic E-state index is 9.63. The Hall–Kier alpha value is -2.54. The van der Waals surface area contributed by atoms with Crippen molar-refractivity contribution >= 4 is 34.7 Å². The van der Waals surface area contributed by atoms with Crippen molar-refractivity contribution in [2.24, 2.45) is 0 Å². The van der Waals surface area contributed by atoms with Crippen LogP contribution in [0.15, 0.2) is 24.9 Å². The van der Waals surface area contributed by atoms with Gasteiger partial charge in [0.15, 0.2) is 11.5 Å². The first-order chi connectivity index (χ1) is 14.6. The van der Waals surface area contributed by atoms with Crippen LogP contribution in [-0.4, -0.2) is 83.1 Å². The van der Waals surface area contributed by atoms with Gasteiger partial charge in [-0.3, -0.25) is 0 Å². The van der Waals surface area contributed by atoms with E-state index in [9.17, 15) is 10.2 Å². The number of aromatic nitrogens is 6. The zero-order valence-corrected chi connectivity index (χ0v) is 17.4. The molecule has 0 spiro atoms. The Bertz CT molecular complexity index is 927. The van der Waals surface area contributed by atoms with Crippen molar-refractivity contribution in [3.63, 3.8) is 0 Å². The predicted molar refractivity (Wildman–Crippen MR) is 115 cm³/mol. The molecular formula is C18H26N8O3S. The summed E-state index contributed by atoms with van der Waals surface area (Å²) in [7, 11) is 0. The molecule has 0 saturated carbocycles. The number of anilines is 2. The number of ether oxygens (including phenoxy) is 1. The highest BCUT2D eigenvalue weighted by Gasteiger charge is 2.34.